The zero-order chi connectivity index (χ0) is 63.9. The van der Waals surface area contributed by atoms with E-state index < -0.39 is 35.4 Å². The number of likely N-dealkylation sites (N-methyl/N-ethyl adjacent to an activating group) is 2. The summed E-state index contributed by atoms with van der Waals surface area (Å²) >= 11 is 0. The molecule has 8 N–H and O–H groups in total. The van der Waals surface area contributed by atoms with Gasteiger partial charge in [0, 0.05) is 77.6 Å². The Morgan fingerprint density at radius 2 is 1.42 bits per heavy atom. The number of ketones is 4. The van der Waals surface area contributed by atoms with Crippen molar-refractivity contribution in [3.8, 4) is 17.1 Å². The predicted molar refractivity (Wildman–Crippen MR) is 343 cm³/mol. The van der Waals surface area contributed by atoms with Gasteiger partial charge in [0.1, 0.15) is 42.7 Å². The summed E-state index contributed by atoms with van der Waals surface area (Å²) < 4.78 is 17.5. The number of carbonyl (C=O) groups excluding carboxylic acids is 5. The van der Waals surface area contributed by atoms with Crippen LogP contribution in [-0.2, 0) is 23.9 Å². The van der Waals surface area contributed by atoms with Crippen molar-refractivity contribution < 1.29 is 43.3 Å². The third-order valence-corrected chi connectivity index (χ3v) is 14.8. The van der Waals surface area contributed by atoms with Crippen LogP contribution in [0.2, 0.25) is 0 Å². The van der Waals surface area contributed by atoms with Crippen molar-refractivity contribution in [2.45, 2.75) is 196 Å². The molecule has 476 valence electrons. The van der Waals surface area contributed by atoms with Gasteiger partial charge in [-0.05, 0) is 144 Å². The van der Waals surface area contributed by atoms with Crippen molar-refractivity contribution in [2.75, 3.05) is 58.8 Å². The molecule has 86 heavy (non-hydrogen) atoms. The number of amides is 1. The number of hydrogen-bond donors (Lipinski definition) is 5. The van der Waals surface area contributed by atoms with Gasteiger partial charge in [-0.2, -0.15) is 4.98 Å². The molecule has 21 heteroatoms. The van der Waals surface area contributed by atoms with Gasteiger partial charge >= 0.3 is 6.09 Å². The Bertz CT molecular complexity index is 2730. The van der Waals surface area contributed by atoms with Crippen LogP contribution in [0.1, 0.15) is 183 Å². The molecule has 1 amide bonds. The van der Waals surface area contributed by atoms with E-state index in [-0.39, 0.29) is 65.8 Å². The summed E-state index contributed by atoms with van der Waals surface area (Å²) in [6, 6.07) is 5.54. The fourth-order valence-electron chi connectivity index (χ4n) is 10.2. The van der Waals surface area contributed by atoms with Gasteiger partial charge in [0.05, 0.1) is 41.6 Å². The van der Waals surface area contributed by atoms with Crippen molar-refractivity contribution in [3.63, 3.8) is 0 Å². The molecule has 2 aliphatic carbocycles. The maximum atomic E-state index is 13.9. The van der Waals surface area contributed by atoms with E-state index in [0.29, 0.717) is 103 Å². The fourth-order valence-corrected chi connectivity index (χ4v) is 10.2. The molecule has 2 aromatic rings. The van der Waals surface area contributed by atoms with Crippen LogP contribution in [0.4, 0.5) is 10.6 Å². The summed E-state index contributed by atoms with van der Waals surface area (Å²) in [5.74, 6) is -0.531. The van der Waals surface area contributed by atoms with Gasteiger partial charge in [0.15, 0.2) is 5.78 Å². The number of ether oxygens (including phenoxy) is 3. The van der Waals surface area contributed by atoms with E-state index in [1.165, 1.54) is 6.21 Å². The number of nitrogens with one attached hydrogen (secondary N) is 1. The topological polar surface area (TPSA) is 306 Å². The second-order valence-corrected chi connectivity index (χ2v) is 22.6. The lowest BCUT2D eigenvalue weighted by Crippen LogP contribution is -2.31. The molecule has 21 nitrogen and oxygen atoms in total. The summed E-state index contributed by atoms with van der Waals surface area (Å²) in [5.41, 5.74) is 21.7. The quantitative estimate of drug-likeness (QED) is 0.0215. The zero-order valence-corrected chi connectivity index (χ0v) is 53.7. The van der Waals surface area contributed by atoms with Crippen LogP contribution in [0.25, 0.3) is 11.3 Å². The highest BCUT2D eigenvalue weighted by Crippen LogP contribution is 2.31. The van der Waals surface area contributed by atoms with Gasteiger partial charge in [-0.25, -0.2) is 19.8 Å². The molecule has 5 atom stereocenters. The molecule has 4 aliphatic rings. The number of Topliss-reactive ketones (excluding diaryl/α,β-unsaturated/α-hetero) is 4. The minimum Gasteiger partial charge on any atom is -0.476 e. The lowest BCUT2D eigenvalue weighted by molar-refractivity contribution is -0.124. The first-order valence-corrected chi connectivity index (χ1v) is 31.1. The molecule has 0 aromatic carbocycles. The SMILES string of the molecule is C=NC(=C\C(=NCC(=O)/C(CCC)=C(\N)[C@H]1CCCCC1=O)OCC1CCCN1C)/C(N)=C/C=NC[C@H](C)O.CC.CC.CCC/C(C(=O)c1nc(OC[C@@H]2CCCN2C)cc(-c2ccc(NC(=O)OC(C)(C)C)nc2)n1)=C(/N)[C@H]1CCCCC1=O. The van der Waals surface area contributed by atoms with E-state index in [1.807, 2.05) is 41.5 Å². The van der Waals surface area contributed by atoms with Gasteiger partial charge in [-0.15, -0.1) is 0 Å². The molecule has 2 aromatic heterocycles. The molecule has 1 unspecified atom stereocenters. The molecule has 6 rings (SSSR count). The lowest BCUT2D eigenvalue weighted by atomic mass is 9.83. The average Bonchev–Trinajstić information content (AvgIpc) is 3.37. The van der Waals surface area contributed by atoms with E-state index in [0.717, 1.165) is 70.9 Å². The van der Waals surface area contributed by atoms with Crippen molar-refractivity contribution in [1.82, 2.24) is 24.8 Å². The fraction of sp³-hybridized carbons (Fsp3) is 0.615. The smallest absolute Gasteiger partial charge is 0.413 e. The largest absolute Gasteiger partial charge is 0.476 e. The number of carbonyl (C=O) groups is 5. The highest BCUT2D eigenvalue weighted by atomic mass is 16.6. The molecular formula is C65H102N12O9. The Kier molecular flexibility index (Phi) is 32.6. The predicted octanol–water partition coefficient (Wildman–Crippen LogP) is 10.1. The van der Waals surface area contributed by atoms with Crippen LogP contribution >= 0.6 is 0 Å². The molecule has 0 bridgehead atoms. The van der Waals surface area contributed by atoms with Crippen molar-refractivity contribution in [2.24, 2.45) is 44.0 Å². The Balaban J connectivity index is 0.000000428. The molecule has 4 heterocycles. The third-order valence-electron chi connectivity index (χ3n) is 14.8. The van der Waals surface area contributed by atoms with Crippen LogP contribution in [0.3, 0.4) is 0 Å². The van der Waals surface area contributed by atoms with Gasteiger partial charge in [0.25, 0.3) is 0 Å². The number of rotatable bonds is 24. The lowest BCUT2D eigenvalue weighted by Gasteiger charge is -2.23. The second-order valence-electron chi connectivity index (χ2n) is 22.6. The molecule has 4 fully saturated rings. The number of anilines is 1. The van der Waals surface area contributed by atoms with E-state index in [9.17, 15) is 29.1 Å². The number of nitrogens with two attached hydrogens (primary N) is 3. The van der Waals surface area contributed by atoms with Crippen LogP contribution in [0.15, 0.2) is 85.5 Å². The Hall–Kier alpha value is -6.97. The summed E-state index contributed by atoms with van der Waals surface area (Å²) in [5, 5.41) is 12.0. The number of aliphatic hydroxyl groups excluding tert-OH is 1. The normalized spacial score (nSPS) is 20.6. The van der Waals surface area contributed by atoms with Crippen molar-refractivity contribution in [3.05, 3.63) is 76.3 Å². The number of likely N-dealkylation sites (tertiary alicyclic amines) is 2. The maximum absolute atomic E-state index is 13.9. The maximum Gasteiger partial charge on any atom is 0.413 e. The monoisotopic (exact) mass is 1190 g/mol. The van der Waals surface area contributed by atoms with Crippen LogP contribution in [-0.4, -0.2) is 155 Å². The molecule has 2 aliphatic heterocycles. The molecular weight excluding hydrogens is 1090 g/mol. The summed E-state index contributed by atoms with van der Waals surface area (Å²) in [7, 11) is 4.12. The van der Waals surface area contributed by atoms with E-state index in [4.69, 9.17) is 31.4 Å². The molecule has 0 spiro atoms. The highest BCUT2D eigenvalue weighted by Gasteiger charge is 2.32. The van der Waals surface area contributed by atoms with Crippen LogP contribution < -0.4 is 27.3 Å². The number of pyridine rings is 1. The summed E-state index contributed by atoms with van der Waals surface area (Å²) in [6.45, 7) is 25.4. The number of aromatic nitrogens is 3. The Morgan fingerprint density at radius 1 is 0.837 bits per heavy atom. The Morgan fingerprint density at radius 3 is 1.93 bits per heavy atom. The first kappa shape index (κ1) is 73.3. The van der Waals surface area contributed by atoms with E-state index >= 15 is 0 Å². The number of allylic oxidation sites excluding steroid dienone is 4. The number of nitrogens with zero attached hydrogens (tertiary/aromatic N) is 8. The third kappa shape index (κ3) is 24.1. The van der Waals surface area contributed by atoms with Gasteiger partial charge < -0.3 is 46.3 Å². The van der Waals surface area contributed by atoms with Crippen LogP contribution in [0, 0.1) is 11.8 Å². The first-order chi connectivity index (χ1) is 41.1. The van der Waals surface area contributed by atoms with Gasteiger partial charge in [0.2, 0.25) is 23.4 Å². The first-order valence-electron chi connectivity index (χ1n) is 31.1. The molecule has 2 saturated carbocycles. The minimum atomic E-state index is -0.642. The number of hydrogen-bond acceptors (Lipinski definition) is 20. The van der Waals surface area contributed by atoms with Gasteiger partial charge in [-0.1, -0.05) is 67.2 Å². The van der Waals surface area contributed by atoms with E-state index in [1.54, 1.807) is 64.2 Å². The van der Waals surface area contributed by atoms with Crippen molar-refractivity contribution in [1.29, 1.82) is 0 Å². The Labute approximate surface area is 512 Å². The van der Waals surface area contributed by atoms with E-state index in [2.05, 4.69) is 65.9 Å². The molecule has 0 radical (unpaired) electrons. The average molecular weight is 1200 g/mol. The van der Waals surface area contributed by atoms with Crippen molar-refractivity contribution >= 4 is 53.9 Å². The van der Waals surface area contributed by atoms with Crippen LogP contribution in [0.5, 0.6) is 5.88 Å². The molecule has 2 saturated heterocycles. The highest BCUT2D eigenvalue weighted by molar-refractivity contribution is 6.07. The van der Waals surface area contributed by atoms with Gasteiger partial charge in [-0.3, -0.25) is 34.5 Å². The zero-order valence-electron chi connectivity index (χ0n) is 53.7. The summed E-state index contributed by atoms with van der Waals surface area (Å²) in [4.78, 5) is 95.1. The minimum absolute atomic E-state index is 0.0436. The number of aliphatic imine (C=N–C) groups is 3. The summed E-state index contributed by atoms with van der Waals surface area (Å²) in [6.07, 6.45) is 17.4. The number of aliphatic hydroxyl groups is 1. The second kappa shape index (κ2) is 38.2. The standard InChI is InChI=1S/C32H44N6O5.C29H46N6O4.2C2H6/c1-6-10-23(28(33)22-12-7-8-13-25(22)39)29(40)30-35-24(17-27(37-30)42-19-21-11-9-16-38(21)5)20-14-15-26(34-18-20)36-31(41)43-32(2,3)4;1-5-9-22(29(31)23-11-6-7-12-26(23)37)27(38)18-34-28(39-19-21-10-8-15-35(21)4)16-25(32-3)24(30)13-14-33-17-20(2)36;2*1-2/h14-15,17-18,21-22H,6-13,16,19,33H2,1-5H3,(H,34,36,41);13-14,16,20-21,23,36H,3,5-12,15,17-19,30-31H2,1-2,4H3;2*1-2H3/b28-23-;24-13-,25-16-,29-22-,33-14?,34-28?;;/t21-,22-;20-,21?,23-;;/m00../s1.